The first kappa shape index (κ1) is 21.9. The Bertz CT molecular complexity index is 729. The minimum absolute atomic E-state index is 0.0179. The Morgan fingerprint density at radius 2 is 1.87 bits per heavy atom. The van der Waals surface area contributed by atoms with Crippen molar-refractivity contribution in [3.8, 4) is 0 Å². The first-order chi connectivity index (χ1) is 14.1. The first-order valence-electron chi connectivity index (χ1n) is 12.0. The molecule has 0 aromatic rings. The van der Waals surface area contributed by atoms with E-state index in [0.717, 1.165) is 38.5 Å². The molecule has 0 amide bonds. The van der Waals surface area contributed by atoms with Crippen LogP contribution in [0.5, 0.6) is 0 Å². The molecule has 4 aliphatic rings. The largest absolute Gasteiger partial charge is 0.481 e. The Kier molecular flexibility index (Phi) is 5.80. The molecule has 0 heterocycles. The van der Waals surface area contributed by atoms with Crippen LogP contribution in [-0.2, 0) is 14.3 Å². The molecular formula is C25H38O5. The molecule has 4 aliphatic carbocycles. The van der Waals surface area contributed by atoms with Crippen LogP contribution in [0, 0.1) is 34.5 Å². The summed E-state index contributed by atoms with van der Waals surface area (Å²) in [5, 5.41) is 19.0. The van der Waals surface area contributed by atoms with Gasteiger partial charge in [-0.25, -0.2) is 0 Å². The highest BCUT2D eigenvalue weighted by Crippen LogP contribution is 2.67. The quantitative estimate of drug-likeness (QED) is 0.498. The van der Waals surface area contributed by atoms with Gasteiger partial charge in [-0.2, -0.15) is 0 Å². The number of ether oxygens (including phenoxy) is 1. The van der Waals surface area contributed by atoms with E-state index in [4.69, 9.17) is 9.84 Å². The van der Waals surface area contributed by atoms with Crippen molar-refractivity contribution < 1.29 is 24.5 Å². The predicted molar refractivity (Wildman–Crippen MR) is 114 cm³/mol. The van der Waals surface area contributed by atoms with E-state index in [2.05, 4.69) is 26.8 Å². The molecule has 0 spiro atoms. The fourth-order valence-corrected chi connectivity index (χ4v) is 7.80. The highest BCUT2D eigenvalue weighted by atomic mass is 16.5. The first-order valence-corrected chi connectivity index (χ1v) is 12.0. The van der Waals surface area contributed by atoms with Crippen LogP contribution in [-0.4, -0.2) is 34.4 Å². The standard InChI is InChI=1S/C25H38O5/c1-15-13-16-14-17(26)9-11-24(16,2)19-10-12-25(3)18(23(15)19)7-8-20(25)30-22(29)6-4-5-21(27)28/h14-15,17-20,23,26H,4-13H2,1-3H3,(H,27,28)/t15-,17?,18?,19?,20+,23?,24+,25+/m1/s1. The molecule has 0 bridgehead atoms. The van der Waals surface area contributed by atoms with Crippen LogP contribution in [0.1, 0.15) is 85.0 Å². The van der Waals surface area contributed by atoms with Crippen molar-refractivity contribution in [1.29, 1.82) is 0 Å². The van der Waals surface area contributed by atoms with Crippen LogP contribution in [0.3, 0.4) is 0 Å². The second-order valence-electron chi connectivity index (χ2n) is 11.0. The third-order valence-corrected chi connectivity index (χ3v) is 9.39. The van der Waals surface area contributed by atoms with Crippen molar-refractivity contribution in [2.75, 3.05) is 0 Å². The van der Waals surface area contributed by atoms with E-state index in [-0.39, 0.29) is 41.8 Å². The number of aliphatic hydroxyl groups excluding tert-OH is 1. The molecule has 5 heteroatoms. The summed E-state index contributed by atoms with van der Waals surface area (Å²) in [6.45, 7) is 7.16. The minimum Gasteiger partial charge on any atom is -0.481 e. The molecule has 8 atom stereocenters. The number of carbonyl (C=O) groups is 2. The van der Waals surface area contributed by atoms with Crippen LogP contribution in [0.4, 0.5) is 0 Å². The summed E-state index contributed by atoms with van der Waals surface area (Å²) in [5.41, 5.74) is 1.73. The average Bonchev–Trinajstić information content (AvgIpc) is 2.99. The van der Waals surface area contributed by atoms with Gasteiger partial charge in [0.15, 0.2) is 0 Å². The maximum Gasteiger partial charge on any atom is 0.306 e. The maximum atomic E-state index is 12.4. The topological polar surface area (TPSA) is 83.8 Å². The van der Waals surface area contributed by atoms with Crippen LogP contribution < -0.4 is 0 Å². The molecule has 30 heavy (non-hydrogen) atoms. The Balaban J connectivity index is 1.48. The summed E-state index contributed by atoms with van der Waals surface area (Å²) < 4.78 is 5.95. The highest BCUT2D eigenvalue weighted by Gasteiger charge is 2.61. The summed E-state index contributed by atoms with van der Waals surface area (Å²) in [7, 11) is 0. The van der Waals surface area contributed by atoms with E-state index in [9.17, 15) is 14.7 Å². The van der Waals surface area contributed by atoms with Gasteiger partial charge in [-0.1, -0.05) is 32.4 Å². The smallest absolute Gasteiger partial charge is 0.306 e. The lowest BCUT2D eigenvalue weighted by Gasteiger charge is -2.60. The number of carboxylic acids is 1. The normalized spacial score (nSPS) is 45.0. The lowest BCUT2D eigenvalue weighted by Crippen LogP contribution is -2.54. The molecule has 168 valence electrons. The van der Waals surface area contributed by atoms with Crippen molar-refractivity contribution in [3.05, 3.63) is 11.6 Å². The molecule has 4 rings (SSSR count). The number of fused-ring (bicyclic) bond motifs is 5. The molecule has 4 unspecified atom stereocenters. The van der Waals surface area contributed by atoms with Crippen LogP contribution in [0.2, 0.25) is 0 Å². The van der Waals surface area contributed by atoms with Crippen molar-refractivity contribution in [2.45, 2.75) is 97.2 Å². The van der Waals surface area contributed by atoms with Crippen molar-refractivity contribution in [1.82, 2.24) is 0 Å². The van der Waals surface area contributed by atoms with Gasteiger partial charge in [0, 0.05) is 18.3 Å². The zero-order chi connectivity index (χ0) is 21.7. The lowest BCUT2D eigenvalue weighted by atomic mass is 9.45. The third kappa shape index (κ3) is 3.61. The number of hydrogen-bond acceptors (Lipinski definition) is 4. The molecule has 0 radical (unpaired) electrons. The number of carboxylic acid groups (broad SMARTS) is 1. The fraction of sp³-hybridized carbons (Fsp3) is 0.840. The van der Waals surface area contributed by atoms with Crippen LogP contribution in [0.25, 0.3) is 0 Å². The van der Waals surface area contributed by atoms with Gasteiger partial charge in [0.05, 0.1) is 6.10 Å². The van der Waals surface area contributed by atoms with Gasteiger partial charge in [-0.15, -0.1) is 0 Å². The van der Waals surface area contributed by atoms with Gasteiger partial charge in [0.25, 0.3) is 0 Å². The number of aliphatic carboxylic acids is 1. The molecule has 3 fully saturated rings. The number of esters is 1. The molecule has 3 saturated carbocycles. The van der Waals surface area contributed by atoms with E-state index >= 15 is 0 Å². The van der Waals surface area contributed by atoms with Gasteiger partial charge >= 0.3 is 11.9 Å². The second kappa shape index (κ2) is 7.96. The van der Waals surface area contributed by atoms with E-state index in [0.29, 0.717) is 30.1 Å². The molecule has 0 aromatic heterocycles. The number of carbonyl (C=O) groups excluding carboxylic acids is 1. The predicted octanol–water partition coefficient (Wildman–Crippen LogP) is 4.72. The second-order valence-corrected chi connectivity index (χ2v) is 11.0. The zero-order valence-corrected chi connectivity index (χ0v) is 18.7. The Hall–Kier alpha value is -1.36. The van der Waals surface area contributed by atoms with Crippen LogP contribution >= 0.6 is 0 Å². The molecule has 2 N–H and O–H groups in total. The number of allylic oxidation sites excluding steroid dienone is 1. The molecular weight excluding hydrogens is 380 g/mol. The third-order valence-electron chi connectivity index (χ3n) is 9.39. The van der Waals surface area contributed by atoms with Crippen LogP contribution in [0.15, 0.2) is 11.6 Å². The number of rotatable bonds is 5. The summed E-state index contributed by atoms with van der Waals surface area (Å²) in [6.07, 6.45) is 9.74. The minimum atomic E-state index is -0.863. The Morgan fingerprint density at radius 3 is 2.60 bits per heavy atom. The zero-order valence-electron chi connectivity index (χ0n) is 18.7. The SMILES string of the molecule is C[C@@H]1CC2=CC(O)CC[C@]2(C)C2CC[C@@]3(C)C(CC[C@@H]3OC(=O)CCCC(=O)O)C21. The summed E-state index contributed by atoms with van der Waals surface area (Å²) in [5.74, 6) is 1.38. The van der Waals surface area contributed by atoms with Gasteiger partial charge in [0.2, 0.25) is 0 Å². The highest BCUT2D eigenvalue weighted by molar-refractivity contribution is 5.71. The lowest BCUT2D eigenvalue weighted by molar-refractivity contribution is -0.161. The summed E-state index contributed by atoms with van der Waals surface area (Å²) in [6, 6.07) is 0. The summed E-state index contributed by atoms with van der Waals surface area (Å²) in [4.78, 5) is 23.1. The number of hydrogen-bond donors (Lipinski definition) is 2. The molecule has 0 aliphatic heterocycles. The molecule has 5 nitrogen and oxygen atoms in total. The maximum absolute atomic E-state index is 12.4. The van der Waals surface area contributed by atoms with Gasteiger partial charge in [-0.3, -0.25) is 9.59 Å². The van der Waals surface area contributed by atoms with E-state index in [1.165, 1.54) is 12.0 Å². The fourth-order valence-electron chi connectivity index (χ4n) is 7.80. The Labute approximate surface area is 180 Å². The van der Waals surface area contributed by atoms with E-state index in [1.807, 2.05) is 0 Å². The van der Waals surface area contributed by atoms with E-state index in [1.54, 1.807) is 0 Å². The number of aliphatic hydroxyl groups is 1. The van der Waals surface area contributed by atoms with E-state index < -0.39 is 5.97 Å². The van der Waals surface area contributed by atoms with Gasteiger partial charge in [-0.05, 0) is 80.5 Å². The monoisotopic (exact) mass is 418 g/mol. The Morgan fingerprint density at radius 1 is 1.10 bits per heavy atom. The van der Waals surface area contributed by atoms with Crippen molar-refractivity contribution >= 4 is 11.9 Å². The van der Waals surface area contributed by atoms with Crippen molar-refractivity contribution in [2.24, 2.45) is 34.5 Å². The average molecular weight is 419 g/mol. The van der Waals surface area contributed by atoms with Gasteiger partial charge in [0.1, 0.15) is 6.10 Å². The van der Waals surface area contributed by atoms with Crippen molar-refractivity contribution in [3.63, 3.8) is 0 Å². The van der Waals surface area contributed by atoms with Gasteiger partial charge < -0.3 is 14.9 Å². The molecule has 0 saturated heterocycles. The molecule has 0 aromatic carbocycles. The summed E-state index contributed by atoms with van der Waals surface area (Å²) >= 11 is 0.